The van der Waals surface area contributed by atoms with Gasteiger partial charge in [-0.2, -0.15) is 0 Å². The highest BCUT2D eigenvalue weighted by Gasteiger charge is 2.31. The molecule has 18 heavy (non-hydrogen) atoms. The third kappa shape index (κ3) is 2.03. The average Bonchev–Trinajstić information content (AvgIpc) is 2.91. The van der Waals surface area contributed by atoms with Crippen molar-refractivity contribution in [1.29, 1.82) is 0 Å². The van der Waals surface area contributed by atoms with E-state index in [1.165, 1.54) is 24.8 Å². The summed E-state index contributed by atoms with van der Waals surface area (Å²) >= 11 is 6.64. The van der Waals surface area contributed by atoms with Gasteiger partial charge in [0, 0.05) is 5.69 Å². The number of nitrogens with one attached hydrogen (secondary N) is 1. The molecule has 1 N–H and O–H groups in total. The summed E-state index contributed by atoms with van der Waals surface area (Å²) < 4.78 is 0. The predicted molar refractivity (Wildman–Crippen MR) is 73.9 cm³/mol. The molecule has 96 valence electrons. The van der Waals surface area contributed by atoms with Crippen LogP contribution in [0.5, 0.6) is 0 Å². The van der Waals surface area contributed by atoms with Crippen LogP contribution in [0.1, 0.15) is 42.7 Å². The molecule has 1 aliphatic heterocycles. The standard InChI is InChI=1S/C15H18ClNO/c1-9-3-2-4-12(9)15(16)10-5-6-13-11(7-10)8-14(18)17-13/h5-7,9,12,15H,2-4,8H2,1H3,(H,17,18). The Morgan fingerprint density at radius 2 is 2.22 bits per heavy atom. The summed E-state index contributed by atoms with van der Waals surface area (Å²) in [6.45, 7) is 2.30. The SMILES string of the molecule is CC1CCCC1C(Cl)c1ccc2c(c1)CC(=O)N2. The second-order valence-corrected chi connectivity index (χ2v) is 6.09. The number of hydrogen-bond acceptors (Lipinski definition) is 1. The maximum absolute atomic E-state index is 11.3. The molecule has 0 saturated heterocycles. The number of carbonyl (C=O) groups is 1. The molecule has 2 aliphatic rings. The smallest absolute Gasteiger partial charge is 0.228 e. The van der Waals surface area contributed by atoms with Crippen LogP contribution in [0.15, 0.2) is 18.2 Å². The molecule has 2 nitrogen and oxygen atoms in total. The van der Waals surface area contributed by atoms with Crippen molar-refractivity contribution in [3.63, 3.8) is 0 Å². The normalized spacial score (nSPS) is 28.0. The van der Waals surface area contributed by atoms with Gasteiger partial charge in [-0.25, -0.2) is 0 Å². The van der Waals surface area contributed by atoms with Crippen LogP contribution in [-0.2, 0) is 11.2 Å². The lowest BCUT2D eigenvalue weighted by atomic mass is 9.89. The Labute approximate surface area is 113 Å². The van der Waals surface area contributed by atoms with Crippen LogP contribution in [0.4, 0.5) is 5.69 Å². The fraction of sp³-hybridized carbons (Fsp3) is 0.533. The van der Waals surface area contributed by atoms with E-state index in [0.717, 1.165) is 11.3 Å². The van der Waals surface area contributed by atoms with Crippen LogP contribution in [0.25, 0.3) is 0 Å². The molecule has 1 amide bonds. The minimum atomic E-state index is 0.0857. The van der Waals surface area contributed by atoms with E-state index in [1.54, 1.807) is 0 Å². The number of amides is 1. The molecule has 0 aromatic heterocycles. The van der Waals surface area contributed by atoms with Gasteiger partial charge in [0.2, 0.25) is 5.91 Å². The first kappa shape index (κ1) is 12.0. The van der Waals surface area contributed by atoms with Crippen LogP contribution in [0, 0.1) is 11.8 Å². The van der Waals surface area contributed by atoms with E-state index in [9.17, 15) is 4.79 Å². The Hall–Kier alpha value is -1.02. The topological polar surface area (TPSA) is 29.1 Å². The van der Waals surface area contributed by atoms with Crippen molar-refractivity contribution in [3.8, 4) is 0 Å². The molecule has 0 radical (unpaired) electrons. The molecule has 1 aromatic carbocycles. The van der Waals surface area contributed by atoms with E-state index in [1.807, 2.05) is 6.07 Å². The highest BCUT2D eigenvalue weighted by molar-refractivity contribution is 6.21. The van der Waals surface area contributed by atoms with Crippen LogP contribution >= 0.6 is 11.6 Å². The lowest BCUT2D eigenvalue weighted by Gasteiger charge is -2.22. The summed E-state index contributed by atoms with van der Waals surface area (Å²) in [4.78, 5) is 11.3. The van der Waals surface area contributed by atoms with E-state index in [4.69, 9.17) is 11.6 Å². The van der Waals surface area contributed by atoms with Gasteiger partial charge in [0.1, 0.15) is 0 Å². The van der Waals surface area contributed by atoms with E-state index in [0.29, 0.717) is 18.3 Å². The number of benzene rings is 1. The maximum Gasteiger partial charge on any atom is 0.228 e. The second kappa shape index (κ2) is 4.58. The van der Waals surface area contributed by atoms with Gasteiger partial charge in [-0.15, -0.1) is 11.6 Å². The van der Waals surface area contributed by atoms with Crippen LogP contribution < -0.4 is 5.32 Å². The summed E-state index contributed by atoms with van der Waals surface area (Å²) in [5.74, 6) is 1.37. The lowest BCUT2D eigenvalue weighted by molar-refractivity contribution is -0.115. The average molecular weight is 264 g/mol. The van der Waals surface area contributed by atoms with Gasteiger partial charge in [-0.05, 0) is 35.4 Å². The van der Waals surface area contributed by atoms with Crippen molar-refractivity contribution in [2.45, 2.75) is 38.0 Å². The Kier molecular flexibility index (Phi) is 3.06. The first-order chi connectivity index (χ1) is 8.65. The van der Waals surface area contributed by atoms with E-state index >= 15 is 0 Å². The fourth-order valence-electron chi connectivity index (χ4n) is 3.28. The molecule has 0 bridgehead atoms. The Morgan fingerprint density at radius 1 is 1.39 bits per heavy atom. The largest absolute Gasteiger partial charge is 0.326 e. The van der Waals surface area contributed by atoms with Gasteiger partial charge in [-0.3, -0.25) is 4.79 Å². The molecule has 0 spiro atoms. The summed E-state index contributed by atoms with van der Waals surface area (Å²) in [5, 5.41) is 2.95. The summed E-state index contributed by atoms with van der Waals surface area (Å²) in [5.41, 5.74) is 3.21. The first-order valence-electron chi connectivity index (χ1n) is 6.72. The van der Waals surface area contributed by atoms with Crippen LogP contribution in [0.3, 0.4) is 0 Å². The molecular formula is C15H18ClNO. The van der Waals surface area contributed by atoms with Crippen molar-refractivity contribution in [3.05, 3.63) is 29.3 Å². The van der Waals surface area contributed by atoms with Gasteiger partial charge in [0.15, 0.2) is 0 Å². The molecule has 3 rings (SSSR count). The third-order valence-corrected chi connectivity index (χ3v) is 4.95. The van der Waals surface area contributed by atoms with E-state index in [2.05, 4.69) is 24.4 Å². The molecule has 1 saturated carbocycles. The van der Waals surface area contributed by atoms with Crippen molar-refractivity contribution >= 4 is 23.2 Å². The van der Waals surface area contributed by atoms with Crippen molar-refractivity contribution in [2.75, 3.05) is 5.32 Å². The van der Waals surface area contributed by atoms with Gasteiger partial charge < -0.3 is 5.32 Å². The zero-order chi connectivity index (χ0) is 12.7. The quantitative estimate of drug-likeness (QED) is 0.806. The van der Waals surface area contributed by atoms with Gasteiger partial charge in [0.05, 0.1) is 11.8 Å². The van der Waals surface area contributed by atoms with Crippen LogP contribution in [-0.4, -0.2) is 5.91 Å². The molecule has 3 heteroatoms. The minimum absolute atomic E-state index is 0.0857. The van der Waals surface area contributed by atoms with Gasteiger partial charge in [0.25, 0.3) is 0 Å². The summed E-state index contributed by atoms with van der Waals surface area (Å²) in [7, 11) is 0. The Balaban J connectivity index is 1.85. The molecule has 1 heterocycles. The zero-order valence-electron chi connectivity index (χ0n) is 10.6. The summed E-state index contributed by atoms with van der Waals surface area (Å²) in [6, 6.07) is 6.16. The van der Waals surface area contributed by atoms with E-state index < -0.39 is 0 Å². The fourth-order valence-corrected chi connectivity index (χ4v) is 3.79. The highest BCUT2D eigenvalue weighted by Crippen LogP contribution is 2.44. The first-order valence-corrected chi connectivity index (χ1v) is 7.15. The monoisotopic (exact) mass is 263 g/mol. The van der Waals surface area contributed by atoms with E-state index in [-0.39, 0.29) is 11.3 Å². The Morgan fingerprint density at radius 3 is 2.94 bits per heavy atom. The summed E-state index contributed by atoms with van der Waals surface area (Å²) in [6.07, 6.45) is 4.30. The number of anilines is 1. The maximum atomic E-state index is 11.3. The lowest BCUT2D eigenvalue weighted by Crippen LogP contribution is -2.11. The number of hydrogen-bond donors (Lipinski definition) is 1. The van der Waals surface area contributed by atoms with Crippen molar-refractivity contribution in [1.82, 2.24) is 0 Å². The van der Waals surface area contributed by atoms with Crippen molar-refractivity contribution in [2.24, 2.45) is 11.8 Å². The van der Waals surface area contributed by atoms with Crippen LogP contribution in [0.2, 0.25) is 0 Å². The molecule has 1 fully saturated rings. The molecule has 1 aliphatic carbocycles. The molecule has 3 atom stereocenters. The highest BCUT2D eigenvalue weighted by atomic mass is 35.5. The minimum Gasteiger partial charge on any atom is -0.326 e. The van der Waals surface area contributed by atoms with Gasteiger partial charge >= 0.3 is 0 Å². The molecular weight excluding hydrogens is 246 g/mol. The molecule has 3 unspecified atom stereocenters. The molecule has 1 aromatic rings. The zero-order valence-corrected chi connectivity index (χ0v) is 11.3. The predicted octanol–water partition coefficient (Wildman–Crippen LogP) is 3.90. The van der Waals surface area contributed by atoms with Crippen molar-refractivity contribution < 1.29 is 4.79 Å². The number of fused-ring (bicyclic) bond motifs is 1. The Bertz CT molecular complexity index is 485. The third-order valence-electron chi connectivity index (χ3n) is 4.38. The number of alkyl halides is 1. The number of halogens is 1. The van der Waals surface area contributed by atoms with Gasteiger partial charge in [-0.1, -0.05) is 31.9 Å². The number of rotatable bonds is 2. The number of carbonyl (C=O) groups excluding carboxylic acids is 1. The second-order valence-electron chi connectivity index (χ2n) is 5.62.